The zero-order chi connectivity index (χ0) is 12.8. The summed E-state index contributed by atoms with van der Waals surface area (Å²) in [5.74, 6) is 0.0112. The van der Waals surface area contributed by atoms with Gasteiger partial charge in [0.05, 0.1) is 27.0 Å². The number of nitrogens with one attached hydrogen (secondary N) is 1. The second-order valence-electron chi connectivity index (χ2n) is 3.37. The van der Waals surface area contributed by atoms with Crippen LogP contribution in [0.5, 0.6) is 0 Å². The van der Waals surface area contributed by atoms with Gasteiger partial charge >= 0.3 is 0 Å². The van der Waals surface area contributed by atoms with Crippen LogP contribution in [0.25, 0.3) is 0 Å². The lowest BCUT2D eigenvalue weighted by atomic mass is 10.2. The van der Waals surface area contributed by atoms with E-state index < -0.39 is 9.73 Å². The zero-order valence-corrected chi connectivity index (χ0v) is 11.2. The minimum absolute atomic E-state index is 0.0112. The molecule has 0 amide bonds. The van der Waals surface area contributed by atoms with Crippen molar-refractivity contribution in [2.24, 2.45) is 0 Å². The van der Waals surface area contributed by atoms with E-state index in [1.807, 2.05) is 39.8 Å². The molecule has 1 unspecified atom stereocenters. The van der Waals surface area contributed by atoms with Crippen molar-refractivity contribution in [2.45, 2.75) is 32.6 Å². The van der Waals surface area contributed by atoms with Crippen molar-refractivity contribution < 1.29 is 9.32 Å². The molecule has 0 aliphatic heterocycles. The number of hydrogen-bond acceptors (Lipinski definition) is 3. The molecule has 1 rings (SSSR count). The summed E-state index contributed by atoms with van der Waals surface area (Å²) in [6.07, 6.45) is 0. The second-order valence-corrected chi connectivity index (χ2v) is 5.57. The summed E-state index contributed by atoms with van der Waals surface area (Å²) in [6, 6.07) is 5.55. The van der Waals surface area contributed by atoms with E-state index in [1.165, 1.54) is 0 Å². The predicted octanol–water partition coefficient (Wildman–Crippen LogP) is 2.73. The fraction of sp³-hybridized carbons (Fsp3) is 0.500. The molecular weight excluding hydrogens is 222 g/mol. The van der Waals surface area contributed by atoms with Gasteiger partial charge in [0, 0.05) is 0 Å². The Morgan fingerprint density at radius 2 is 1.88 bits per heavy atom. The van der Waals surface area contributed by atoms with Crippen molar-refractivity contribution in [3.8, 4) is 0 Å². The number of aliphatic hydroxyl groups excluding tert-OH is 1. The first-order valence-electron chi connectivity index (χ1n) is 5.42. The summed E-state index contributed by atoms with van der Waals surface area (Å²) in [5.41, 5.74) is 1.84. The van der Waals surface area contributed by atoms with E-state index in [2.05, 4.69) is 0 Å². The Hall–Kier alpha value is -0.870. The molecule has 0 radical (unpaired) electrons. The van der Waals surface area contributed by atoms with Gasteiger partial charge in [-0.3, -0.25) is 0 Å². The van der Waals surface area contributed by atoms with E-state index in [0.717, 1.165) is 11.1 Å². The Morgan fingerprint density at radius 3 is 2.38 bits per heavy atom. The van der Waals surface area contributed by atoms with Gasteiger partial charge < -0.3 is 5.11 Å². The van der Waals surface area contributed by atoms with Crippen molar-refractivity contribution in [2.75, 3.05) is 12.4 Å². The first kappa shape index (κ1) is 15.1. The third-order valence-corrected chi connectivity index (χ3v) is 3.99. The molecule has 0 saturated carbocycles. The van der Waals surface area contributed by atoms with Crippen LogP contribution in [0.1, 0.15) is 25.0 Å². The molecule has 0 spiro atoms. The zero-order valence-electron chi connectivity index (χ0n) is 10.4. The van der Waals surface area contributed by atoms with Crippen molar-refractivity contribution in [3.63, 3.8) is 0 Å². The number of aliphatic hydroxyl groups is 1. The molecule has 1 atom stereocenters. The summed E-state index contributed by atoms with van der Waals surface area (Å²) in [5, 5.41) is 8.72. The average molecular weight is 243 g/mol. The Bertz CT molecular complexity index is 425. The molecule has 0 aliphatic carbocycles. The smallest absolute Gasteiger partial charge is 0.0751 e. The van der Waals surface area contributed by atoms with Gasteiger partial charge in [0.15, 0.2) is 0 Å². The molecule has 2 N–H and O–H groups in total. The van der Waals surface area contributed by atoms with Crippen LogP contribution in [-0.2, 0) is 9.73 Å². The van der Waals surface area contributed by atoms with Crippen LogP contribution in [-0.4, -0.2) is 21.7 Å². The summed E-state index contributed by atoms with van der Waals surface area (Å²) in [6.45, 7) is 7.52. The van der Waals surface area contributed by atoms with E-state index in [9.17, 15) is 4.21 Å². The average Bonchev–Trinajstić information content (AvgIpc) is 2.24. The van der Waals surface area contributed by atoms with E-state index in [4.69, 9.17) is 9.89 Å². The predicted molar refractivity (Wildman–Crippen MR) is 68.3 cm³/mol. The minimum Gasteiger partial charge on any atom is -0.395 e. The van der Waals surface area contributed by atoms with Crippen LogP contribution in [0.2, 0.25) is 0 Å². The first-order valence-corrected chi connectivity index (χ1v) is 7.15. The van der Waals surface area contributed by atoms with E-state index >= 15 is 0 Å². The third kappa shape index (κ3) is 3.94. The van der Waals surface area contributed by atoms with Crippen molar-refractivity contribution in [1.29, 1.82) is 4.78 Å². The van der Waals surface area contributed by atoms with Gasteiger partial charge in [-0.25, -0.2) is 8.99 Å². The molecule has 4 heteroatoms. The molecule has 0 saturated heterocycles. The van der Waals surface area contributed by atoms with Crippen LogP contribution in [0, 0.1) is 18.6 Å². The molecule has 0 bridgehead atoms. The Morgan fingerprint density at radius 1 is 1.31 bits per heavy atom. The molecule has 3 nitrogen and oxygen atoms in total. The SMILES string of the molecule is CC.Cc1ccc(C)c(S(=N)(=O)CCO)c1. The second kappa shape index (κ2) is 6.66. The highest BCUT2D eigenvalue weighted by atomic mass is 32.2. The summed E-state index contributed by atoms with van der Waals surface area (Å²) in [4.78, 5) is 0.548. The van der Waals surface area contributed by atoms with Gasteiger partial charge in [-0.2, -0.15) is 0 Å². The minimum atomic E-state index is -2.81. The van der Waals surface area contributed by atoms with Crippen LogP contribution in [0.15, 0.2) is 23.1 Å². The van der Waals surface area contributed by atoms with Gasteiger partial charge in [-0.1, -0.05) is 26.0 Å². The highest BCUT2D eigenvalue weighted by Gasteiger charge is 2.12. The lowest BCUT2D eigenvalue weighted by Gasteiger charge is -2.09. The maximum atomic E-state index is 11.9. The van der Waals surface area contributed by atoms with E-state index in [1.54, 1.807) is 6.07 Å². The number of aryl methyl sites for hydroxylation is 2. The maximum Gasteiger partial charge on any atom is 0.0751 e. The summed E-state index contributed by atoms with van der Waals surface area (Å²) >= 11 is 0. The van der Waals surface area contributed by atoms with Crippen LogP contribution >= 0.6 is 0 Å². The Balaban J connectivity index is 0.00000106. The molecule has 0 aromatic heterocycles. The summed E-state index contributed by atoms with van der Waals surface area (Å²) in [7, 11) is -2.81. The lowest BCUT2D eigenvalue weighted by molar-refractivity contribution is 0.321. The van der Waals surface area contributed by atoms with Gasteiger partial charge in [0.1, 0.15) is 0 Å². The fourth-order valence-electron chi connectivity index (χ4n) is 1.30. The first-order chi connectivity index (χ1) is 7.47. The maximum absolute atomic E-state index is 11.9. The molecular formula is C12H21NO2S. The van der Waals surface area contributed by atoms with E-state index in [0.29, 0.717) is 4.90 Å². The molecule has 0 heterocycles. The molecule has 0 aliphatic rings. The number of benzene rings is 1. The van der Waals surface area contributed by atoms with E-state index in [-0.39, 0.29) is 12.4 Å². The molecule has 16 heavy (non-hydrogen) atoms. The van der Waals surface area contributed by atoms with Crippen LogP contribution < -0.4 is 0 Å². The quantitative estimate of drug-likeness (QED) is 0.857. The summed E-state index contributed by atoms with van der Waals surface area (Å²) < 4.78 is 19.5. The number of hydrogen-bond donors (Lipinski definition) is 2. The molecule has 92 valence electrons. The van der Waals surface area contributed by atoms with Gasteiger partial charge in [-0.15, -0.1) is 0 Å². The molecule has 0 fully saturated rings. The van der Waals surface area contributed by atoms with Gasteiger partial charge in [0.2, 0.25) is 0 Å². The lowest BCUT2D eigenvalue weighted by Crippen LogP contribution is -2.10. The van der Waals surface area contributed by atoms with Gasteiger partial charge in [-0.05, 0) is 31.0 Å². The standard InChI is InChI=1S/C10H15NO2S.C2H6/c1-8-3-4-9(2)10(7-8)14(11,13)6-5-12;1-2/h3-4,7,11-12H,5-6H2,1-2H3;1-2H3. The topological polar surface area (TPSA) is 61.2 Å². The van der Waals surface area contributed by atoms with Crippen molar-refractivity contribution >= 4 is 9.73 Å². The van der Waals surface area contributed by atoms with Crippen molar-refractivity contribution in [3.05, 3.63) is 29.3 Å². The third-order valence-electron chi connectivity index (χ3n) is 2.08. The largest absolute Gasteiger partial charge is 0.395 e. The Kier molecular flexibility index (Phi) is 6.29. The Labute approximate surface area is 98.5 Å². The molecule has 1 aromatic rings. The van der Waals surface area contributed by atoms with Crippen molar-refractivity contribution in [1.82, 2.24) is 0 Å². The van der Waals surface area contributed by atoms with Gasteiger partial charge in [0.25, 0.3) is 0 Å². The molecule has 1 aromatic carbocycles. The normalized spacial score (nSPS) is 13.6. The highest BCUT2D eigenvalue weighted by molar-refractivity contribution is 7.92. The number of rotatable bonds is 3. The highest BCUT2D eigenvalue weighted by Crippen LogP contribution is 2.18. The van der Waals surface area contributed by atoms with Crippen LogP contribution in [0.3, 0.4) is 0 Å². The fourth-order valence-corrected chi connectivity index (χ4v) is 2.74. The van der Waals surface area contributed by atoms with Crippen LogP contribution in [0.4, 0.5) is 0 Å². The monoisotopic (exact) mass is 243 g/mol.